The number of carbonyl (C=O) groups is 1. The van der Waals surface area contributed by atoms with E-state index in [0.29, 0.717) is 12.8 Å². The van der Waals surface area contributed by atoms with Crippen molar-refractivity contribution in [1.29, 1.82) is 0 Å². The zero-order chi connectivity index (χ0) is 14.2. The van der Waals surface area contributed by atoms with Gasteiger partial charge in [0.15, 0.2) is 0 Å². The quantitative estimate of drug-likeness (QED) is 0.870. The maximum atomic E-state index is 12.5. The highest BCUT2D eigenvalue weighted by molar-refractivity contribution is 6.31. The van der Waals surface area contributed by atoms with E-state index in [9.17, 15) is 18.0 Å². The number of benzene rings is 1. The van der Waals surface area contributed by atoms with E-state index in [2.05, 4.69) is 0 Å². The van der Waals surface area contributed by atoms with Crippen LogP contribution in [0.2, 0.25) is 5.02 Å². The first-order valence-electron chi connectivity index (χ1n) is 5.70. The Balaban J connectivity index is 2.26. The van der Waals surface area contributed by atoms with Crippen LogP contribution in [0.15, 0.2) is 18.2 Å². The third-order valence-corrected chi connectivity index (χ3v) is 3.08. The Bertz CT molecular complexity index is 500. The lowest BCUT2D eigenvalue weighted by atomic mass is 10.1. The second-order valence-corrected chi connectivity index (χ2v) is 4.95. The predicted molar refractivity (Wildman–Crippen MR) is 66.0 cm³/mol. The van der Waals surface area contributed by atoms with Gasteiger partial charge in [0.2, 0.25) is 0 Å². The molecule has 1 aliphatic carbocycles. The Labute approximate surface area is 113 Å². The van der Waals surface area contributed by atoms with Crippen LogP contribution < -0.4 is 5.73 Å². The molecule has 0 atom stereocenters. The smallest absolute Gasteiger partial charge is 0.398 e. The molecule has 0 aliphatic heterocycles. The fraction of sp³-hybridized carbons (Fsp3) is 0.417. The molecule has 1 aliphatic rings. The predicted octanol–water partition coefficient (Wildman–Crippen LogP) is 3.09. The molecule has 1 fully saturated rings. The van der Waals surface area contributed by atoms with Gasteiger partial charge in [-0.2, -0.15) is 13.2 Å². The van der Waals surface area contributed by atoms with Gasteiger partial charge in [-0.1, -0.05) is 11.6 Å². The molecule has 1 saturated carbocycles. The molecule has 7 heteroatoms. The molecular weight excluding hydrogens is 281 g/mol. The Kier molecular flexibility index (Phi) is 3.62. The minimum Gasteiger partial charge on any atom is -0.398 e. The van der Waals surface area contributed by atoms with E-state index in [1.807, 2.05) is 0 Å². The molecule has 2 rings (SSSR count). The Morgan fingerprint density at radius 2 is 2.05 bits per heavy atom. The number of amides is 1. The summed E-state index contributed by atoms with van der Waals surface area (Å²) >= 11 is 5.75. The molecule has 0 spiro atoms. The van der Waals surface area contributed by atoms with Gasteiger partial charge in [-0.05, 0) is 31.0 Å². The zero-order valence-electron chi connectivity index (χ0n) is 9.88. The number of carbonyl (C=O) groups excluding carboxylic acids is 1. The molecule has 3 nitrogen and oxygen atoms in total. The number of nitrogens with zero attached hydrogens (tertiary/aromatic N) is 1. The number of anilines is 1. The lowest BCUT2D eigenvalue weighted by Gasteiger charge is -2.24. The molecule has 0 saturated heterocycles. The molecule has 0 unspecified atom stereocenters. The fourth-order valence-electron chi connectivity index (χ4n) is 1.81. The van der Waals surface area contributed by atoms with Crippen molar-refractivity contribution in [3.63, 3.8) is 0 Å². The second-order valence-electron chi connectivity index (χ2n) is 4.51. The first-order chi connectivity index (χ1) is 8.78. The summed E-state index contributed by atoms with van der Waals surface area (Å²) in [5, 5.41) is 0.264. The van der Waals surface area contributed by atoms with Gasteiger partial charge in [0.05, 0.1) is 5.56 Å². The maximum Gasteiger partial charge on any atom is 0.406 e. The van der Waals surface area contributed by atoms with Crippen LogP contribution in [-0.4, -0.2) is 29.6 Å². The van der Waals surface area contributed by atoms with Crippen LogP contribution in [0.5, 0.6) is 0 Å². The number of hydrogen-bond donors (Lipinski definition) is 1. The van der Waals surface area contributed by atoms with Gasteiger partial charge in [-0.15, -0.1) is 0 Å². The second kappa shape index (κ2) is 4.92. The first-order valence-corrected chi connectivity index (χ1v) is 6.08. The van der Waals surface area contributed by atoms with Crippen LogP contribution >= 0.6 is 11.6 Å². The van der Waals surface area contributed by atoms with Crippen molar-refractivity contribution in [1.82, 2.24) is 4.90 Å². The molecule has 0 bridgehead atoms. The number of nitrogens with two attached hydrogens (primary N) is 1. The summed E-state index contributed by atoms with van der Waals surface area (Å²) in [6.07, 6.45) is -3.25. The van der Waals surface area contributed by atoms with E-state index in [-0.39, 0.29) is 22.3 Å². The number of rotatable bonds is 3. The SMILES string of the molecule is Nc1ccc(Cl)cc1C(=O)N(CC(F)(F)F)C1CC1. The summed E-state index contributed by atoms with van der Waals surface area (Å²) in [6, 6.07) is 3.84. The fourth-order valence-corrected chi connectivity index (χ4v) is 1.99. The van der Waals surface area contributed by atoms with E-state index >= 15 is 0 Å². The van der Waals surface area contributed by atoms with Crippen molar-refractivity contribution in [2.24, 2.45) is 0 Å². The highest BCUT2D eigenvalue weighted by atomic mass is 35.5. The summed E-state index contributed by atoms with van der Waals surface area (Å²) in [4.78, 5) is 13.0. The zero-order valence-corrected chi connectivity index (χ0v) is 10.6. The molecule has 104 valence electrons. The molecule has 0 heterocycles. The van der Waals surface area contributed by atoms with Gasteiger partial charge in [0.25, 0.3) is 5.91 Å². The standard InChI is InChI=1S/C12H12ClF3N2O/c13-7-1-4-10(17)9(5-7)11(19)18(8-2-3-8)6-12(14,15)16/h1,4-5,8H,2-3,6,17H2. The highest BCUT2D eigenvalue weighted by Crippen LogP contribution is 2.32. The molecule has 0 aromatic heterocycles. The number of halogens is 4. The van der Waals surface area contributed by atoms with Crippen molar-refractivity contribution in [2.75, 3.05) is 12.3 Å². The molecule has 19 heavy (non-hydrogen) atoms. The number of alkyl halides is 3. The van der Waals surface area contributed by atoms with Crippen LogP contribution in [0, 0.1) is 0 Å². The average molecular weight is 293 g/mol. The Hall–Kier alpha value is -1.43. The van der Waals surface area contributed by atoms with Crippen LogP contribution in [0.3, 0.4) is 0 Å². The van der Waals surface area contributed by atoms with Crippen molar-refractivity contribution in [3.8, 4) is 0 Å². The number of hydrogen-bond acceptors (Lipinski definition) is 2. The van der Waals surface area contributed by atoms with E-state index < -0.39 is 18.6 Å². The summed E-state index contributed by atoms with van der Waals surface area (Å²) in [5.74, 6) is -0.722. The monoisotopic (exact) mass is 292 g/mol. The molecule has 1 amide bonds. The summed E-state index contributed by atoms with van der Waals surface area (Å²) in [6.45, 7) is -1.26. The van der Waals surface area contributed by atoms with Gasteiger partial charge in [-0.25, -0.2) is 0 Å². The molecular formula is C12H12ClF3N2O. The van der Waals surface area contributed by atoms with E-state index in [1.54, 1.807) is 0 Å². The largest absolute Gasteiger partial charge is 0.406 e. The topological polar surface area (TPSA) is 46.3 Å². The van der Waals surface area contributed by atoms with Crippen molar-refractivity contribution in [3.05, 3.63) is 28.8 Å². The number of nitrogen functional groups attached to an aromatic ring is 1. The van der Waals surface area contributed by atoms with E-state index in [4.69, 9.17) is 17.3 Å². The van der Waals surface area contributed by atoms with Crippen molar-refractivity contribution in [2.45, 2.75) is 25.1 Å². The van der Waals surface area contributed by atoms with Crippen molar-refractivity contribution >= 4 is 23.2 Å². The van der Waals surface area contributed by atoms with Crippen LogP contribution in [0.25, 0.3) is 0 Å². The lowest BCUT2D eigenvalue weighted by molar-refractivity contribution is -0.141. The summed E-state index contributed by atoms with van der Waals surface area (Å²) in [5.41, 5.74) is 5.77. The minimum atomic E-state index is -4.43. The van der Waals surface area contributed by atoms with Crippen LogP contribution in [-0.2, 0) is 0 Å². The lowest BCUT2D eigenvalue weighted by Crippen LogP contribution is -2.40. The molecule has 1 aromatic rings. The maximum absolute atomic E-state index is 12.5. The minimum absolute atomic E-state index is 0.0173. The summed E-state index contributed by atoms with van der Waals surface area (Å²) < 4.78 is 37.5. The normalized spacial score (nSPS) is 15.4. The van der Waals surface area contributed by atoms with Gasteiger partial charge >= 0.3 is 6.18 Å². The Morgan fingerprint density at radius 3 is 2.58 bits per heavy atom. The van der Waals surface area contributed by atoms with Gasteiger partial charge in [-0.3, -0.25) is 4.79 Å². The highest BCUT2D eigenvalue weighted by Gasteiger charge is 2.41. The summed E-state index contributed by atoms with van der Waals surface area (Å²) in [7, 11) is 0. The molecule has 2 N–H and O–H groups in total. The van der Waals surface area contributed by atoms with Crippen LogP contribution in [0.4, 0.5) is 18.9 Å². The van der Waals surface area contributed by atoms with Gasteiger partial charge in [0, 0.05) is 16.8 Å². The third-order valence-electron chi connectivity index (χ3n) is 2.84. The van der Waals surface area contributed by atoms with Crippen molar-refractivity contribution < 1.29 is 18.0 Å². The third kappa shape index (κ3) is 3.53. The molecule has 1 aromatic carbocycles. The average Bonchev–Trinajstić information content (AvgIpc) is 3.11. The van der Waals surface area contributed by atoms with E-state index in [1.165, 1.54) is 18.2 Å². The van der Waals surface area contributed by atoms with Gasteiger partial charge in [0.1, 0.15) is 6.54 Å². The van der Waals surface area contributed by atoms with Crippen LogP contribution in [0.1, 0.15) is 23.2 Å². The van der Waals surface area contributed by atoms with E-state index in [0.717, 1.165) is 4.90 Å². The Morgan fingerprint density at radius 1 is 1.42 bits per heavy atom. The molecule has 0 radical (unpaired) electrons. The van der Waals surface area contributed by atoms with Gasteiger partial charge < -0.3 is 10.6 Å². The first kappa shape index (κ1) is 14.0.